The van der Waals surface area contributed by atoms with Gasteiger partial charge in [0.2, 0.25) is 0 Å². The van der Waals surface area contributed by atoms with E-state index in [0.717, 1.165) is 13.1 Å². The van der Waals surface area contributed by atoms with Crippen molar-refractivity contribution in [2.75, 3.05) is 40.9 Å². The van der Waals surface area contributed by atoms with Gasteiger partial charge in [0.25, 0.3) is 0 Å². The summed E-state index contributed by atoms with van der Waals surface area (Å²) in [4.78, 5) is 14.2. The van der Waals surface area contributed by atoms with Crippen LogP contribution in [-0.2, 0) is 14.3 Å². The van der Waals surface area contributed by atoms with Gasteiger partial charge in [-0.25, -0.2) is 0 Å². The molecule has 5 heteroatoms. The van der Waals surface area contributed by atoms with Gasteiger partial charge in [0.1, 0.15) is 5.54 Å². The van der Waals surface area contributed by atoms with Crippen LogP contribution in [0.5, 0.6) is 0 Å². The van der Waals surface area contributed by atoms with Crippen LogP contribution in [0.4, 0.5) is 0 Å². The first-order chi connectivity index (χ1) is 8.31. The molecule has 0 aromatic rings. The standard InChI is InChI=1S/C13H26N2O3/c1-12(2)10-13(6-9-18-12,11(16)17-5)14-7-8-15(3)4/h14H,6-10H2,1-5H3. The Bertz CT molecular complexity index is 292. The number of hydrogen-bond donors (Lipinski definition) is 1. The molecule has 0 bridgehead atoms. The minimum Gasteiger partial charge on any atom is -0.468 e. The lowest BCUT2D eigenvalue weighted by atomic mass is 9.81. The molecule has 106 valence electrons. The molecule has 18 heavy (non-hydrogen) atoms. The molecule has 0 aliphatic carbocycles. The second kappa shape index (κ2) is 5.99. The molecule has 0 spiro atoms. The van der Waals surface area contributed by atoms with E-state index in [9.17, 15) is 4.79 Å². The Labute approximate surface area is 110 Å². The van der Waals surface area contributed by atoms with Gasteiger partial charge >= 0.3 is 5.97 Å². The summed E-state index contributed by atoms with van der Waals surface area (Å²) in [5.41, 5.74) is -0.899. The number of hydrogen-bond acceptors (Lipinski definition) is 5. The van der Waals surface area contributed by atoms with Crippen molar-refractivity contribution >= 4 is 5.97 Å². The fraction of sp³-hybridized carbons (Fsp3) is 0.923. The molecule has 1 saturated heterocycles. The zero-order valence-corrected chi connectivity index (χ0v) is 12.2. The molecule has 0 radical (unpaired) electrons. The topological polar surface area (TPSA) is 50.8 Å². The van der Waals surface area contributed by atoms with Crippen LogP contribution in [0.2, 0.25) is 0 Å². The van der Waals surface area contributed by atoms with Crippen LogP contribution in [0, 0.1) is 0 Å². The molecule has 5 nitrogen and oxygen atoms in total. The van der Waals surface area contributed by atoms with Crippen LogP contribution >= 0.6 is 0 Å². The van der Waals surface area contributed by atoms with Crippen LogP contribution in [0.3, 0.4) is 0 Å². The number of esters is 1. The summed E-state index contributed by atoms with van der Waals surface area (Å²) in [6, 6.07) is 0. The van der Waals surface area contributed by atoms with Gasteiger partial charge in [0.15, 0.2) is 0 Å². The van der Waals surface area contributed by atoms with Crippen LogP contribution in [-0.4, -0.2) is 62.9 Å². The number of ether oxygens (including phenoxy) is 2. The Morgan fingerprint density at radius 1 is 1.44 bits per heavy atom. The average molecular weight is 258 g/mol. The molecule has 1 unspecified atom stereocenters. The predicted molar refractivity (Wildman–Crippen MR) is 70.6 cm³/mol. The molecule has 1 fully saturated rings. The number of carbonyl (C=O) groups excluding carboxylic acids is 1. The largest absolute Gasteiger partial charge is 0.468 e. The van der Waals surface area contributed by atoms with Crippen LogP contribution in [0.1, 0.15) is 26.7 Å². The first-order valence-electron chi connectivity index (χ1n) is 6.43. The first kappa shape index (κ1) is 15.4. The van der Waals surface area contributed by atoms with E-state index in [2.05, 4.69) is 10.2 Å². The normalized spacial score (nSPS) is 27.2. The third kappa shape index (κ3) is 3.93. The Balaban J connectivity index is 2.72. The summed E-state index contributed by atoms with van der Waals surface area (Å²) in [7, 11) is 5.47. The van der Waals surface area contributed by atoms with Crippen molar-refractivity contribution in [2.45, 2.75) is 37.8 Å². The highest BCUT2D eigenvalue weighted by molar-refractivity contribution is 5.81. The molecule has 1 atom stereocenters. The predicted octanol–water partition coefficient (Wildman–Crippen LogP) is 0.638. The Hall–Kier alpha value is -0.650. The monoisotopic (exact) mass is 258 g/mol. The average Bonchev–Trinajstić information content (AvgIpc) is 2.26. The highest BCUT2D eigenvalue weighted by Crippen LogP contribution is 2.32. The maximum absolute atomic E-state index is 12.1. The number of nitrogens with one attached hydrogen (secondary N) is 1. The summed E-state index contributed by atoms with van der Waals surface area (Å²) in [5, 5.41) is 3.38. The smallest absolute Gasteiger partial charge is 0.326 e. The van der Waals surface area contributed by atoms with Gasteiger partial charge in [-0.05, 0) is 34.4 Å². The first-order valence-corrected chi connectivity index (χ1v) is 6.43. The van der Waals surface area contributed by atoms with Crippen LogP contribution in [0.15, 0.2) is 0 Å². The number of methoxy groups -OCH3 is 1. The maximum atomic E-state index is 12.1. The summed E-state index contributed by atoms with van der Waals surface area (Å²) in [6.07, 6.45) is 1.30. The van der Waals surface area contributed by atoms with Crippen molar-refractivity contribution in [3.63, 3.8) is 0 Å². The zero-order chi connectivity index (χ0) is 13.8. The van der Waals surface area contributed by atoms with Crippen molar-refractivity contribution in [3.8, 4) is 0 Å². The minimum absolute atomic E-state index is 0.183. The minimum atomic E-state index is -0.605. The maximum Gasteiger partial charge on any atom is 0.326 e. The lowest BCUT2D eigenvalue weighted by Crippen LogP contribution is -2.60. The molecule has 0 aromatic heterocycles. The summed E-state index contributed by atoms with van der Waals surface area (Å²) >= 11 is 0. The fourth-order valence-electron chi connectivity index (χ4n) is 2.48. The van der Waals surface area contributed by atoms with Crippen molar-refractivity contribution in [1.82, 2.24) is 10.2 Å². The molecule has 0 amide bonds. The Morgan fingerprint density at radius 3 is 2.61 bits per heavy atom. The van der Waals surface area contributed by atoms with Gasteiger partial charge in [-0.2, -0.15) is 0 Å². The number of nitrogens with zero attached hydrogens (tertiary/aromatic N) is 1. The Morgan fingerprint density at radius 2 is 2.11 bits per heavy atom. The lowest BCUT2D eigenvalue weighted by Gasteiger charge is -2.43. The molecule has 0 saturated carbocycles. The highest BCUT2D eigenvalue weighted by Gasteiger charge is 2.46. The van der Waals surface area contributed by atoms with Crippen molar-refractivity contribution in [3.05, 3.63) is 0 Å². The second-order valence-corrected chi connectivity index (χ2v) is 5.84. The van der Waals surface area contributed by atoms with Gasteiger partial charge in [-0.3, -0.25) is 4.79 Å². The lowest BCUT2D eigenvalue weighted by molar-refractivity contribution is -0.161. The van der Waals surface area contributed by atoms with E-state index in [-0.39, 0.29) is 11.6 Å². The molecule has 1 N–H and O–H groups in total. The van der Waals surface area contributed by atoms with Gasteiger partial charge in [0, 0.05) is 26.1 Å². The van der Waals surface area contributed by atoms with E-state index >= 15 is 0 Å². The van der Waals surface area contributed by atoms with E-state index in [1.54, 1.807) is 0 Å². The van der Waals surface area contributed by atoms with E-state index in [4.69, 9.17) is 9.47 Å². The van der Waals surface area contributed by atoms with Gasteiger partial charge in [0.05, 0.1) is 12.7 Å². The number of likely N-dealkylation sites (N-methyl/N-ethyl adjacent to an activating group) is 1. The zero-order valence-electron chi connectivity index (χ0n) is 12.2. The van der Waals surface area contributed by atoms with E-state index in [0.29, 0.717) is 19.4 Å². The fourth-order valence-corrected chi connectivity index (χ4v) is 2.48. The van der Waals surface area contributed by atoms with E-state index in [1.807, 2.05) is 27.9 Å². The Kier molecular flexibility index (Phi) is 5.13. The quantitative estimate of drug-likeness (QED) is 0.733. The molecule has 1 rings (SSSR count). The van der Waals surface area contributed by atoms with Crippen LogP contribution in [0.25, 0.3) is 0 Å². The number of rotatable bonds is 5. The van der Waals surface area contributed by atoms with Crippen molar-refractivity contribution < 1.29 is 14.3 Å². The molecule has 1 heterocycles. The summed E-state index contributed by atoms with van der Waals surface area (Å²) < 4.78 is 10.7. The third-order valence-corrected chi connectivity index (χ3v) is 3.35. The molecule has 1 aliphatic heterocycles. The van der Waals surface area contributed by atoms with E-state index < -0.39 is 5.54 Å². The molecule has 1 aliphatic rings. The second-order valence-electron chi connectivity index (χ2n) is 5.84. The van der Waals surface area contributed by atoms with E-state index in [1.165, 1.54) is 7.11 Å². The van der Waals surface area contributed by atoms with Crippen molar-refractivity contribution in [1.29, 1.82) is 0 Å². The molecular formula is C13H26N2O3. The highest BCUT2D eigenvalue weighted by atomic mass is 16.5. The molecule has 0 aromatic carbocycles. The van der Waals surface area contributed by atoms with Gasteiger partial charge < -0.3 is 19.7 Å². The number of carbonyl (C=O) groups is 1. The van der Waals surface area contributed by atoms with Gasteiger partial charge in [-0.15, -0.1) is 0 Å². The SMILES string of the molecule is COC(=O)C1(NCCN(C)C)CCOC(C)(C)C1. The third-order valence-electron chi connectivity index (χ3n) is 3.35. The van der Waals surface area contributed by atoms with Crippen molar-refractivity contribution in [2.24, 2.45) is 0 Å². The molecular weight excluding hydrogens is 232 g/mol. The van der Waals surface area contributed by atoms with Gasteiger partial charge in [-0.1, -0.05) is 0 Å². The summed E-state index contributed by atoms with van der Waals surface area (Å²) in [5.74, 6) is -0.183. The van der Waals surface area contributed by atoms with Crippen LogP contribution < -0.4 is 5.32 Å². The summed E-state index contributed by atoms with van der Waals surface area (Å²) in [6.45, 7) is 6.25.